The summed E-state index contributed by atoms with van der Waals surface area (Å²) in [6.45, 7) is 0. The van der Waals surface area contributed by atoms with Crippen molar-refractivity contribution in [3.05, 3.63) is 11.1 Å². The maximum atomic E-state index is 9.43. The number of rotatable bonds is 2. The van der Waals surface area contributed by atoms with Crippen LogP contribution in [-0.4, -0.2) is 20.3 Å². The third kappa shape index (κ3) is 4.22. The first-order valence-corrected chi connectivity index (χ1v) is 4.53. The van der Waals surface area contributed by atoms with Gasteiger partial charge >= 0.3 is 46.3 Å². The van der Waals surface area contributed by atoms with Crippen LogP contribution in [0.2, 0.25) is 0 Å². The first-order valence-electron chi connectivity index (χ1n) is 1.29. The van der Waals surface area contributed by atoms with Crippen molar-refractivity contribution in [2.45, 2.75) is 0 Å². The number of hydrogen-bond acceptors (Lipinski definition) is 1. The van der Waals surface area contributed by atoms with Gasteiger partial charge in [-0.25, -0.2) is 0 Å². The van der Waals surface area contributed by atoms with Crippen LogP contribution in [0.1, 0.15) is 0 Å². The molecule has 0 aliphatic carbocycles. The first kappa shape index (κ1) is 6.22. The summed E-state index contributed by atoms with van der Waals surface area (Å²) in [5.41, 5.74) is 0. The molecule has 6 heavy (non-hydrogen) atoms. The second kappa shape index (κ2) is 5.22. The van der Waals surface area contributed by atoms with Gasteiger partial charge in [-0.1, -0.05) is 0 Å². The van der Waals surface area contributed by atoms with E-state index >= 15 is 0 Å². The van der Waals surface area contributed by atoms with Gasteiger partial charge in [0.1, 0.15) is 0 Å². The molecule has 0 aromatic heterocycles. The van der Waals surface area contributed by atoms with E-state index in [-0.39, 0.29) is 14.0 Å². The molecule has 0 N–H and O–H groups in total. The van der Waals surface area contributed by atoms with Crippen LogP contribution in [0.15, 0.2) is 11.1 Å². The molecule has 0 radical (unpaired) electrons. The maximum absolute atomic E-state index is 9.43. The van der Waals surface area contributed by atoms with Crippen LogP contribution < -0.4 is 0 Å². The summed E-state index contributed by atoms with van der Waals surface area (Å²) >= 11 is -0.0130. The Balaban J connectivity index is 2.94. The molecule has 0 rings (SSSR count). The average molecular weight is 169 g/mol. The van der Waals surface area contributed by atoms with Crippen molar-refractivity contribution in [1.82, 2.24) is 0 Å². The van der Waals surface area contributed by atoms with Crippen molar-refractivity contribution in [3.63, 3.8) is 0 Å². The van der Waals surface area contributed by atoms with E-state index in [1.165, 1.54) is 6.08 Å². The Morgan fingerprint density at radius 3 is 2.50 bits per heavy atom. The van der Waals surface area contributed by atoms with Crippen molar-refractivity contribution in [2.24, 2.45) is 0 Å². The number of halogens is 1. The molecule has 3 heteroatoms. The summed E-state index contributed by atoms with van der Waals surface area (Å²) < 4.78 is 0. The molecule has 0 spiro atoms. The van der Waals surface area contributed by atoms with Gasteiger partial charge in [-0.15, -0.1) is 0 Å². The molecule has 0 aromatic rings. The monoisotopic (exact) mass is 170 g/mol. The summed E-state index contributed by atoms with van der Waals surface area (Å²) in [7, 11) is 5.20. The summed E-state index contributed by atoms with van der Waals surface area (Å²) in [5, 5.41) is 0. The zero-order chi connectivity index (χ0) is 4.83. The summed E-state index contributed by atoms with van der Waals surface area (Å²) in [4.78, 5) is 11.1. The molecule has 0 saturated heterocycles. The number of carbonyl (C=O) groups excluding carboxylic acids is 1. The van der Waals surface area contributed by atoms with Crippen molar-refractivity contribution in [2.75, 3.05) is 0 Å². The van der Waals surface area contributed by atoms with Crippen molar-refractivity contribution >= 4 is 30.4 Å². The molecule has 0 bridgehead atoms. The summed E-state index contributed by atoms with van der Waals surface area (Å²) in [5.74, 6) is 0. The summed E-state index contributed by atoms with van der Waals surface area (Å²) in [6.07, 6.45) is 2.11. The van der Waals surface area contributed by atoms with Gasteiger partial charge in [-0.05, 0) is 0 Å². The van der Waals surface area contributed by atoms with Crippen LogP contribution in [0, 0.1) is 0 Å². The van der Waals surface area contributed by atoms with Gasteiger partial charge in [-0.3, -0.25) is 0 Å². The van der Waals surface area contributed by atoms with E-state index in [4.69, 9.17) is 10.1 Å². The predicted molar refractivity (Wildman–Crippen MR) is 26.8 cm³/mol. The van der Waals surface area contributed by atoms with Crippen molar-refractivity contribution in [3.8, 4) is 0 Å². The molecule has 0 unspecified atom stereocenters. The summed E-state index contributed by atoms with van der Waals surface area (Å²) in [6, 6.07) is 0. The van der Waals surface area contributed by atoms with Crippen molar-refractivity contribution < 1.29 is 4.79 Å². The first-order chi connectivity index (χ1) is 2.91. The average Bonchev–Trinajstić information content (AvgIpc) is 1.61. The van der Waals surface area contributed by atoms with E-state index in [9.17, 15) is 4.79 Å². The molecule has 0 aromatic carbocycles. The predicted octanol–water partition coefficient (Wildman–Crippen LogP) is 0.557. The molecule has 0 amide bonds. The van der Waals surface area contributed by atoms with Gasteiger partial charge in [-0.2, -0.15) is 0 Å². The van der Waals surface area contributed by atoms with Crippen molar-refractivity contribution in [1.29, 1.82) is 0 Å². The molecule has 1 nitrogen and oxygen atoms in total. The fraction of sp³-hybridized carbons (Fsp3) is 0. The Kier molecular flexibility index (Phi) is 5.41. The fourth-order valence-electron chi connectivity index (χ4n) is 0.0618. The second-order valence-corrected chi connectivity index (χ2v) is 2.42. The van der Waals surface area contributed by atoms with Crippen LogP contribution in [0.25, 0.3) is 0 Å². The van der Waals surface area contributed by atoms with E-state index in [2.05, 4.69) is 0 Å². The number of allylic oxidation sites excluding steroid dienone is 1. The molecule has 0 aliphatic heterocycles. The van der Waals surface area contributed by atoms with E-state index in [0.717, 1.165) is 0 Å². The standard InChI is InChI=1S/C3H3ClOSe/c4-6-3-1-2-5/h1-3H/b3-1-. The molecule has 0 saturated carbocycles. The molecule has 0 aliphatic rings. The molecular weight excluding hydrogens is 166 g/mol. The zero-order valence-corrected chi connectivity index (χ0v) is 5.40. The zero-order valence-electron chi connectivity index (χ0n) is 2.93. The topological polar surface area (TPSA) is 17.1 Å². The Labute approximate surface area is 46.8 Å². The van der Waals surface area contributed by atoms with Crippen LogP contribution in [0.5, 0.6) is 0 Å². The van der Waals surface area contributed by atoms with Crippen LogP contribution in [0.3, 0.4) is 0 Å². The molecular formula is C3H3ClOSe. The SMILES string of the molecule is O=C/C=C\[Se]Cl. The number of carbonyl (C=O) groups is 1. The minimum atomic E-state index is -0.0130. The molecule has 0 fully saturated rings. The van der Waals surface area contributed by atoms with Gasteiger partial charge in [0.05, 0.1) is 0 Å². The van der Waals surface area contributed by atoms with Gasteiger partial charge in [0.15, 0.2) is 0 Å². The molecule has 0 heterocycles. The fourth-order valence-corrected chi connectivity index (χ4v) is 0.630. The van der Waals surface area contributed by atoms with Gasteiger partial charge in [0.2, 0.25) is 0 Å². The number of aldehydes is 1. The van der Waals surface area contributed by atoms with E-state index in [1.54, 1.807) is 4.97 Å². The molecule has 0 atom stereocenters. The second-order valence-electron chi connectivity index (χ2n) is 0.554. The van der Waals surface area contributed by atoms with Gasteiger partial charge in [0, 0.05) is 0 Å². The van der Waals surface area contributed by atoms with Crippen LogP contribution >= 0.6 is 10.1 Å². The van der Waals surface area contributed by atoms with E-state index in [0.29, 0.717) is 6.29 Å². The van der Waals surface area contributed by atoms with Gasteiger partial charge in [0.25, 0.3) is 0 Å². The minimum absolute atomic E-state index is 0.0130. The van der Waals surface area contributed by atoms with E-state index < -0.39 is 0 Å². The normalized spacial score (nSPS) is 9.50. The Morgan fingerprint density at radius 1 is 1.67 bits per heavy atom. The van der Waals surface area contributed by atoms with Crippen LogP contribution in [0.4, 0.5) is 0 Å². The number of hydrogen-bond donors (Lipinski definition) is 0. The van der Waals surface area contributed by atoms with E-state index in [1.807, 2.05) is 0 Å². The Bertz CT molecular complexity index is 61.8. The third-order valence-corrected chi connectivity index (χ3v) is 1.29. The van der Waals surface area contributed by atoms with Crippen LogP contribution in [-0.2, 0) is 4.79 Å². The Morgan fingerprint density at radius 2 is 2.33 bits per heavy atom. The Hall–Kier alpha value is 0.219. The third-order valence-electron chi connectivity index (χ3n) is 0.209. The quantitative estimate of drug-likeness (QED) is 0.335. The van der Waals surface area contributed by atoms with Gasteiger partial charge < -0.3 is 0 Å². The molecule has 34 valence electrons.